The lowest BCUT2D eigenvalue weighted by molar-refractivity contribution is -0.332. The van der Waals surface area contributed by atoms with Crippen LogP contribution >= 0.6 is 0 Å². The predicted molar refractivity (Wildman–Crippen MR) is 307 cm³/mol. The number of hydrogen-bond acceptors (Lipinski definition) is 14. The van der Waals surface area contributed by atoms with Crippen molar-refractivity contribution in [1.29, 1.82) is 0 Å². The van der Waals surface area contributed by atoms with E-state index in [2.05, 4.69) is 62.5 Å². The first kappa shape index (κ1) is 71.1. The van der Waals surface area contributed by atoms with Gasteiger partial charge >= 0.3 is 5.97 Å². The second-order valence-electron chi connectivity index (χ2n) is 21.9. The van der Waals surface area contributed by atoms with Crippen molar-refractivity contribution in [2.75, 3.05) is 33.0 Å². The molecule has 0 aliphatic carbocycles. The Morgan fingerprint density at radius 1 is 0.429 bits per heavy atom. The first-order chi connectivity index (χ1) is 37.6. The predicted octanol–water partition coefficient (Wildman–Crippen LogP) is 11.9. The molecule has 0 aromatic carbocycles. The van der Waals surface area contributed by atoms with Crippen LogP contribution in [0.5, 0.6) is 0 Å². The molecular formula is C63H114O14. The maximum atomic E-state index is 13.1. The zero-order chi connectivity index (χ0) is 55.8. The van der Waals surface area contributed by atoms with Crippen molar-refractivity contribution >= 4 is 5.97 Å². The van der Waals surface area contributed by atoms with E-state index < -0.39 is 80.7 Å². The first-order valence-electron chi connectivity index (χ1n) is 31.2. The highest BCUT2D eigenvalue weighted by molar-refractivity contribution is 5.69. The Bertz CT molecular complexity index is 1460. The van der Waals surface area contributed by atoms with Crippen LogP contribution in [0.2, 0.25) is 0 Å². The van der Waals surface area contributed by atoms with Gasteiger partial charge in [-0.2, -0.15) is 0 Å². The molecule has 450 valence electrons. The highest BCUT2D eigenvalue weighted by Gasteiger charge is 2.47. The summed E-state index contributed by atoms with van der Waals surface area (Å²) in [4.78, 5) is 13.1. The maximum Gasteiger partial charge on any atom is 0.306 e. The van der Waals surface area contributed by atoms with Gasteiger partial charge in [-0.25, -0.2) is 0 Å². The number of hydrogen-bond donors (Lipinski definition) is 7. The van der Waals surface area contributed by atoms with Crippen LogP contribution in [0.1, 0.15) is 245 Å². The molecule has 11 atom stereocenters. The monoisotopic (exact) mass is 1090 g/mol. The second-order valence-corrected chi connectivity index (χ2v) is 21.9. The Hall–Kier alpha value is -2.05. The standard InChI is InChI=1S/C63H114O14/c1-3-5-7-9-11-13-15-17-19-21-23-25-27-29-31-33-35-37-39-41-43-45-47-72-49-52(50-73-62-61(71)59(69)57(67)54(77-62)51-74-63-60(70)58(68)56(66)53(48-64)76-63)75-55(65)46-44-42-40-38-36-34-32-30-28-26-24-22-20-18-16-14-12-10-8-6-4-2/h15-18,21-24,52-54,56-64,66-71H,3-14,19-20,25-51H2,1-2H3/b17-15-,18-16-,23-21-,24-22-. The highest BCUT2D eigenvalue weighted by Crippen LogP contribution is 2.27. The smallest absolute Gasteiger partial charge is 0.306 e. The quantitative estimate of drug-likeness (QED) is 0.0172. The van der Waals surface area contributed by atoms with E-state index in [0.717, 1.165) is 57.8 Å². The molecule has 0 spiro atoms. The average Bonchev–Trinajstić information content (AvgIpc) is 3.43. The van der Waals surface area contributed by atoms with Crippen molar-refractivity contribution in [3.8, 4) is 0 Å². The Labute approximate surface area is 467 Å². The maximum absolute atomic E-state index is 13.1. The molecule has 2 aliphatic heterocycles. The summed E-state index contributed by atoms with van der Waals surface area (Å²) in [6.45, 7) is 3.69. The van der Waals surface area contributed by atoms with E-state index in [9.17, 15) is 40.5 Å². The van der Waals surface area contributed by atoms with Crippen LogP contribution in [0.25, 0.3) is 0 Å². The lowest BCUT2D eigenvalue weighted by atomic mass is 9.98. The molecule has 7 N–H and O–H groups in total. The van der Waals surface area contributed by atoms with Crippen LogP contribution in [-0.4, -0.2) is 142 Å². The number of aliphatic hydroxyl groups excluding tert-OH is 7. The number of aliphatic hydroxyl groups is 7. The fourth-order valence-corrected chi connectivity index (χ4v) is 9.76. The van der Waals surface area contributed by atoms with Crippen molar-refractivity contribution in [3.05, 3.63) is 48.6 Å². The Morgan fingerprint density at radius 2 is 0.805 bits per heavy atom. The summed E-state index contributed by atoms with van der Waals surface area (Å²) in [5.74, 6) is -0.379. The van der Waals surface area contributed by atoms with Crippen molar-refractivity contribution < 1.29 is 69.0 Å². The van der Waals surface area contributed by atoms with Gasteiger partial charge in [0.1, 0.15) is 54.9 Å². The van der Waals surface area contributed by atoms with Crippen LogP contribution in [0.4, 0.5) is 0 Å². The molecule has 0 amide bonds. The summed E-state index contributed by atoms with van der Waals surface area (Å²) in [5.41, 5.74) is 0. The lowest BCUT2D eigenvalue weighted by Crippen LogP contribution is -2.61. The molecule has 2 fully saturated rings. The number of unbranched alkanes of at least 4 members (excludes halogenated alkanes) is 29. The third-order valence-electron chi connectivity index (χ3n) is 14.8. The van der Waals surface area contributed by atoms with E-state index in [-0.39, 0.29) is 25.6 Å². The molecule has 2 rings (SSSR count). The van der Waals surface area contributed by atoms with Crippen molar-refractivity contribution in [3.63, 3.8) is 0 Å². The third kappa shape index (κ3) is 36.1. The van der Waals surface area contributed by atoms with E-state index in [1.165, 1.54) is 161 Å². The van der Waals surface area contributed by atoms with E-state index in [1.807, 2.05) is 0 Å². The summed E-state index contributed by atoms with van der Waals surface area (Å²) >= 11 is 0. The molecule has 77 heavy (non-hydrogen) atoms. The number of carbonyl (C=O) groups is 1. The topological polar surface area (TPSA) is 214 Å². The molecule has 0 radical (unpaired) electrons. The van der Waals surface area contributed by atoms with Crippen LogP contribution in [0, 0.1) is 0 Å². The largest absolute Gasteiger partial charge is 0.457 e. The number of ether oxygens (including phenoxy) is 6. The van der Waals surface area contributed by atoms with Crippen molar-refractivity contribution in [2.45, 2.75) is 313 Å². The van der Waals surface area contributed by atoms with Gasteiger partial charge in [0.2, 0.25) is 0 Å². The van der Waals surface area contributed by atoms with Crippen molar-refractivity contribution in [1.82, 2.24) is 0 Å². The molecule has 2 saturated heterocycles. The normalized spacial score (nSPS) is 24.6. The van der Waals surface area contributed by atoms with Crippen LogP contribution < -0.4 is 0 Å². The minimum atomic E-state index is -1.71. The first-order valence-corrected chi connectivity index (χ1v) is 31.2. The van der Waals surface area contributed by atoms with Gasteiger partial charge < -0.3 is 64.2 Å². The lowest BCUT2D eigenvalue weighted by Gasteiger charge is -2.42. The van der Waals surface area contributed by atoms with Gasteiger partial charge in [-0.05, 0) is 77.0 Å². The second kappa shape index (κ2) is 49.7. The highest BCUT2D eigenvalue weighted by atomic mass is 16.7. The molecule has 0 aromatic rings. The minimum absolute atomic E-state index is 0.0580. The molecule has 14 nitrogen and oxygen atoms in total. The summed E-state index contributed by atoms with van der Waals surface area (Å²) in [7, 11) is 0. The molecule has 14 heteroatoms. The van der Waals surface area contributed by atoms with Gasteiger partial charge in [0.15, 0.2) is 12.6 Å². The minimum Gasteiger partial charge on any atom is -0.457 e. The number of carbonyl (C=O) groups excluding carboxylic acids is 1. The van der Waals surface area contributed by atoms with E-state index in [1.54, 1.807) is 0 Å². The average molecular weight is 1100 g/mol. The van der Waals surface area contributed by atoms with Gasteiger partial charge in [-0.3, -0.25) is 4.79 Å². The van der Waals surface area contributed by atoms with Gasteiger partial charge in [-0.1, -0.05) is 210 Å². The Morgan fingerprint density at radius 3 is 1.25 bits per heavy atom. The Balaban J connectivity index is 1.69. The van der Waals surface area contributed by atoms with Crippen LogP contribution in [0.3, 0.4) is 0 Å². The van der Waals surface area contributed by atoms with Gasteiger partial charge in [0.25, 0.3) is 0 Å². The number of allylic oxidation sites excluding steroid dienone is 8. The van der Waals surface area contributed by atoms with Gasteiger partial charge in [0.05, 0.1) is 26.4 Å². The molecule has 0 saturated carbocycles. The SMILES string of the molecule is CCCCCCC/C=C\C/C=C\CCCCCCCCCCCCOCC(COC1OC(COC2OC(CO)C(O)C(O)C2O)C(O)C(O)C1O)OC(=O)CCCCCCCCCCC/C=C\C/C=C\CCCCCCC. The number of rotatable bonds is 51. The van der Waals surface area contributed by atoms with E-state index >= 15 is 0 Å². The zero-order valence-electron chi connectivity index (χ0n) is 48.4. The number of esters is 1. The zero-order valence-corrected chi connectivity index (χ0v) is 48.4. The molecule has 2 aliphatic rings. The third-order valence-corrected chi connectivity index (χ3v) is 14.8. The van der Waals surface area contributed by atoms with Crippen LogP contribution in [-0.2, 0) is 33.2 Å². The fraction of sp³-hybridized carbons (Fsp3) is 0.857. The summed E-state index contributed by atoms with van der Waals surface area (Å²) in [6, 6.07) is 0. The fourth-order valence-electron chi connectivity index (χ4n) is 9.76. The summed E-state index contributed by atoms with van der Waals surface area (Å²) in [5, 5.41) is 72.4. The summed E-state index contributed by atoms with van der Waals surface area (Å²) in [6.07, 6.45) is 44.5. The Kier molecular flexibility index (Phi) is 45.9. The molecule has 0 aromatic heterocycles. The van der Waals surface area contributed by atoms with Crippen molar-refractivity contribution in [2.24, 2.45) is 0 Å². The summed E-state index contributed by atoms with van der Waals surface area (Å²) < 4.78 is 34.5. The molecular weight excluding hydrogens is 981 g/mol. The van der Waals surface area contributed by atoms with E-state index in [4.69, 9.17) is 28.4 Å². The van der Waals surface area contributed by atoms with E-state index in [0.29, 0.717) is 13.0 Å². The molecule has 2 heterocycles. The van der Waals surface area contributed by atoms with Gasteiger partial charge in [-0.15, -0.1) is 0 Å². The molecule has 11 unspecified atom stereocenters. The molecule has 0 bridgehead atoms. The van der Waals surface area contributed by atoms with Gasteiger partial charge in [0, 0.05) is 13.0 Å². The van der Waals surface area contributed by atoms with Crippen LogP contribution in [0.15, 0.2) is 48.6 Å².